The van der Waals surface area contributed by atoms with E-state index >= 15 is 0 Å². The second-order valence-corrected chi connectivity index (χ2v) is 9.89. The van der Waals surface area contributed by atoms with Crippen molar-refractivity contribution in [2.24, 2.45) is 0 Å². The van der Waals surface area contributed by atoms with Crippen LogP contribution in [0.5, 0.6) is 11.5 Å². The number of piperazine rings is 1. The van der Waals surface area contributed by atoms with E-state index in [1.54, 1.807) is 31.4 Å². The second kappa shape index (κ2) is 10.6. The largest absolute Gasteiger partial charge is 0.493 e. The number of nitrogens with zero attached hydrogens (tertiary/aromatic N) is 4. The Hall–Kier alpha value is -3.21. The molecule has 196 valence electrons. The first-order valence-corrected chi connectivity index (χ1v) is 12.7. The minimum absolute atomic E-state index is 0.0127. The molecule has 0 bridgehead atoms. The molecule has 2 N–H and O–H groups in total. The third kappa shape index (κ3) is 5.14. The molecule has 2 aliphatic rings. The highest BCUT2D eigenvalue weighted by molar-refractivity contribution is 6.31. The van der Waals surface area contributed by atoms with Gasteiger partial charge in [0.25, 0.3) is 0 Å². The average molecular weight is 529 g/mol. The van der Waals surface area contributed by atoms with Gasteiger partial charge in [0.05, 0.1) is 29.4 Å². The van der Waals surface area contributed by atoms with Gasteiger partial charge < -0.3 is 25.0 Å². The average Bonchev–Trinajstić information content (AvgIpc) is 3.26. The van der Waals surface area contributed by atoms with Gasteiger partial charge in [-0.15, -0.1) is 0 Å². The van der Waals surface area contributed by atoms with Gasteiger partial charge in [0, 0.05) is 50.1 Å². The Balaban J connectivity index is 1.39. The van der Waals surface area contributed by atoms with Crippen molar-refractivity contribution in [1.29, 1.82) is 0 Å². The van der Waals surface area contributed by atoms with E-state index in [2.05, 4.69) is 27.5 Å². The fourth-order valence-corrected chi connectivity index (χ4v) is 5.18. The van der Waals surface area contributed by atoms with Crippen molar-refractivity contribution in [2.45, 2.75) is 31.5 Å². The van der Waals surface area contributed by atoms with Crippen molar-refractivity contribution >= 4 is 39.9 Å². The van der Waals surface area contributed by atoms with Gasteiger partial charge in [0.2, 0.25) is 5.91 Å². The summed E-state index contributed by atoms with van der Waals surface area (Å²) in [6.07, 6.45) is 1.75. The summed E-state index contributed by atoms with van der Waals surface area (Å²) in [6.45, 7) is 4.97. The van der Waals surface area contributed by atoms with Crippen molar-refractivity contribution in [3.8, 4) is 11.5 Å². The summed E-state index contributed by atoms with van der Waals surface area (Å²) in [5, 5.41) is 6.98. The molecule has 5 rings (SSSR count). The molecule has 37 heavy (non-hydrogen) atoms. The summed E-state index contributed by atoms with van der Waals surface area (Å²) in [4.78, 5) is 26.0. The number of carbonyl (C=O) groups is 1. The lowest BCUT2D eigenvalue weighted by Gasteiger charge is -2.36. The number of halogens is 2. The maximum absolute atomic E-state index is 14.5. The number of nitrogens with one attached hydrogen (secondary N) is 2. The standard InChI is InChI=1S/C26H30ClFN6O3/c1-15-12-29-7-8-34(15)26(35)21-9-16(13-33(21)2)37-23-10-17-20(11-22(23)36-3)30-14-31-25(17)32-19-6-4-5-18(27)24(19)28/h4-6,10-11,14-16,21,29H,7-9,12-13H2,1-3H3,(H,30,31,32)/t15?,16-,21+/m1/s1. The minimum atomic E-state index is -0.565. The number of likely N-dealkylation sites (tertiary alicyclic amines) is 1. The Bertz CT molecular complexity index is 1310. The van der Waals surface area contributed by atoms with E-state index < -0.39 is 5.82 Å². The van der Waals surface area contributed by atoms with Crippen LogP contribution in [0.1, 0.15) is 13.3 Å². The van der Waals surface area contributed by atoms with Gasteiger partial charge in [-0.05, 0) is 32.2 Å². The molecule has 2 aromatic carbocycles. The van der Waals surface area contributed by atoms with E-state index in [4.69, 9.17) is 21.1 Å². The van der Waals surface area contributed by atoms with Crippen LogP contribution in [0.3, 0.4) is 0 Å². The Labute approximate surface area is 219 Å². The molecule has 2 aliphatic heterocycles. The number of ether oxygens (including phenoxy) is 2. The van der Waals surface area contributed by atoms with Crippen LogP contribution in [-0.2, 0) is 4.79 Å². The zero-order valence-corrected chi connectivity index (χ0v) is 21.8. The van der Waals surface area contributed by atoms with E-state index in [0.717, 1.165) is 13.1 Å². The maximum Gasteiger partial charge on any atom is 0.240 e. The van der Waals surface area contributed by atoms with Crippen LogP contribution in [0, 0.1) is 5.82 Å². The summed E-state index contributed by atoms with van der Waals surface area (Å²) in [5.41, 5.74) is 0.806. The first kappa shape index (κ1) is 25.4. The molecule has 3 atom stereocenters. The number of anilines is 2. The van der Waals surface area contributed by atoms with Crippen molar-refractivity contribution in [2.75, 3.05) is 45.7 Å². The van der Waals surface area contributed by atoms with E-state index in [-0.39, 0.29) is 34.8 Å². The van der Waals surface area contributed by atoms with Crippen LogP contribution in [0.25, 0.3) is 10.9 Å². The lowest BCUT2D eigenvalue weighted by atomic mass is 10.1. The number of benzene rings is 2. The molecule has 3 aromatic rings. The Kier molecular flexibility index (Phi) is 7.32. The predicted octanol–water partition coefficient (Wildman–Crippen LogP) is 3.45. The van der Waals surface area contributed by atoms with Crippen LogP contribution in [0.15, 0.2) is 36.7 Å². The summed E-state index contributed by atoms with van der Waals surface area (Å²) in [7, 11) is 3.51. The monoisotopic (exact) mass is 528 g/mol. The van der Waals surface area contributed by atoms with Gasteiger partial charge in [-0.1, -0.05) is 17.7 Å². The fraction of sp³-hybridized carbons (Fsp3) is 0.423. The topological polar surface area (TPSA) is 91.8 Å². The number of rotatable bonds is 6. The Morgan fingerprint density at radius 2 is 2.11 bits per heavy atom. The number of carbonyl (C=O) groups excluding carboxylic acids is 1. The highest BCUT2D eigenvalue weighted by Gasteiger charge is 2.39. The van der Waals surface area contributed by atoms with Crippen molar-refractivity contribution in [3.05, 3.63) is 47.5 Å². The highest BCUT2D eigenvalue weighted by atomic mass is 35.5. The Morgan fingerprint density at radius 3 is 2.89 bits per heavy atom. The molecule has 2 fully saturated rings. The summed E-state index contributed by atoms with van der Waals surface area (Å²) in [6, 6.07) is 8.18. The van der Waals surface area contributed by atoms with Gasteiger partial charge >= 0.3 is 0 Å². The predicted molar refractivity (Wildman–Crippen MR) is 140 cm³/mol. The van der Waals surface area contributed by atoms with E-state index in [0.29, 0.717) is 47.7 Å². The van der Waals surface area contributed by atoms with Gasteiger partial charge in [-0.2, -0.15) is 0 Å². The second-order valence-electron chi connectivity index (χ2n) is 9.48. The number of methoxy groups -OCH3 is 1. The van der Waals surface area contributed by atoms with Gasteiger partial charge in [0.1, 0.15) is 18.2 Å². The van der Waals surface area contributed by atoms with Crippen LogP contribution >= 0.6 is 11.6 Å². The van der Waals surface area contributed by atoms with Crippen LogP contribution in [0.2, 0.25) is 5.02 Å². The molecule has 3 heterocycles. The third-order valence-electron chi connectivity index (χ3n) is 7.00. The van der Waals surface area contributed by atoms with Crippen LogP contribution in [0.4, 0.5) is 15.9 Å². The lowest BCUT2D eigenvalue weighted by molar-refractivity contribution is -0.138. The molecule has 9 nitrogen and oxygen atoms in total. The zero-order chi connectivity index (χ0) is 26.1. The molecule has 1 amide bonds. The lowest BCUT2D eigenvalue weighted by Crippen LogP contribution is -2.56. The molecule has 1 unspecified atom stereocenters. The zero-order valence-electron chi connectivity index (χ0n) is 21.0. The fourth-order valence-electron chi connectivity index (χ4n) is 5.01. The van der Waals surface area contributed by atoms with Crippen molar-refractivity contribution in [3.63, 3.8) is 0 Å². The number of aromatic nitrogens is 2. The normalized spacial score (nSPS) is 22.3. The number of fused-ring (bicyclic) bond motifs is 1. The smallest absolute Gasteiger partial charge is 0.240 e. The number of amides is 1. The summed E-state index contributed by atoms with van der Waals surface area (Å²) < 4.78 is 26.5. The molecular formula is C26H30ClFN6O3. The molecule has 1 aromatic heterocycles. The van der Waals surface area contributed by atoms with Gasteiger partial charge in [0.15, 0.2) is 17.3 Å². The molecule has 11 heteroatoms. The maximum atomic E-state index is 14.5. The first-order chi connectivity index (χ1) is 17.9. The minimum Gasteiger partial charge on any atom is -0.493 e. The quantitative estimate of drug-likeness (QED) is 0.503. The number of hydrogen-bond donors (Lipinski definition) is 2. The first-order valence-electron chi connectivity index (χ1n) is 12.3. The van der Waals surface area contributed by atoms with Crippen LogP contribution in [-0.4, -0.2) is 84.2 Å². The summed E-state index contributed by atoms with van der Waals surface area (Å²) >= 11 is 5.94. The number of hydrogen-bond acceptors (Lipinski definition) is 8. The third-order valence-corrected chi connectivity index (χ3v) is 7.29. The van der Waals surface area contributed by atoms with E-state index in [1.807, 2.05) is 16.8 Å². The molecule has 0 saturated carbocycles. The molecule has 0 radical (unpaired) electrons. The van der Waals surface area contributed by atoms with Gasteiger partial charge in [-0.25, -0.2) is 14.4 Å². The molecule has 0 aliphatic carbocycles. The van der Waals surface area contributed by atoms with E-state index in [9.17, 15) is 9.18 Å². The molecule has 0 spiro atoms. The van der Waals surface area contributed by atoms with Crippen LogP contribution < -0.4 is 20.1 Å². The summed E-state index contributed by atoms with van der Waals surface area (Å²) in [5.74, 6) is 0.990. The van der Waals surface area contributed by atoms with E-state index in [1.165, 1.54) is 12.4 Å². The highest BCUT2D eigenvalue weighted by Crippen LogP contribution is 2.37. The number of likely N-dealkylation sites (N-methyl/N-ethyl adjacent to an activating group) is 1. The molecular weight excluding hydrogens is 499 g/mol. The van der Waals surface area contributed by atoms with Crippen molar-refractivity contribution in [1.82, 2.24) is 25.1 Å². The Morgan fingerprint density at radius 1 is 1.27 bits per heavy atom. The van der Waals surface area contributed by atoms with Crippen molar-refractivity contribution < 1.29 is 18.7 Å². The van der Waals surface area contributed by atoms with Gasteiger partial charge in [-0.3, -0.25) is 9.69 Å². The molecule has 2 saturated heterocycles. The SMILES string of the molecule is COc1cc2ncnc(Nc3cccc(Cl)c3F)c2cc1O[C@@H]1C[C@@H](C(=O)N2CCNCC2C)N(C)C1.